The van der Waals surface area contributed by atoms with Gasteiger partial charge in [0.2, 0.25) is 0 Å². The van der Waals surface area contributed by atoms with Crippen molar-refractivity contribution in [2.24, 2.45) is 0 Å². The largest absolute Gasteiger partial charge is 0.135 e. The van der Waals surface area contributed by atoms with E-state index in [0.717, 1.165) is 0 Å². The summed E-state index contributed by atoms with van der Waals surface area (Å²) in [6.07, 6.45) is 0. The highest BCUT2D eigenvalue weighted by Crippen LogP contribution is 2.64. The zero-order valence-electron chi connectivity index (χ0n) is 18.2. The Morgan fingerprint density at radius 1 is 0.545 bits per heavy atom. The van der Waals surface area contributed by atoms with E-state index in [2.05, 4.69) is 110 Å². The molecule has 0 fully saturated rings. The minimum Gasteiger partial charge on any atom is -0.135 e. The number of benzene rings is 5. The first kappa shape index (κ1) is 17.8. The van der Waals surface area contributed by atoms with Gasteiger partial charge in [-0.2, -0.15) is 0 Å². The van der Waals surface area contributed by atoms with Crippen LogP contribution in [0.2, 0.25) is 0 Å². The molecule has 8 rings (SSSR count). The Morgan fingerprint density at radius 3 is 2.12 bits per heavy atom. The van der Waals surface area contributed by atoms with Gasteiger partial charge in [0.05, 0.1) is 5.41 Å². The molecule has 1 heteroatoms. The molecule has 0 aliphatic heterocycles. The average molecular weight is 437 g/mol. The van der Waals surface area contributed by atoms with Crippen LogP contribution in [-0.2, 0) is 5.41 Å². The molecule has 1 aromatic heterocycles. The number of fused-ring (bicyclic) bond motifs is 14. The fourth-order valence-corrected chi connectivity index (χ4v) is 7.67. The molecule has 0 amide bonds. The van der Waals surface area contributed by atoms with Crippen LogP contribution in [0.4, 0.5) is 0 Å². The summed E-state index contributed by atoms with van der Waals surface area (Å²) in [5, 5.41) is 2.79. The summed E-state index contributed by atoms with van der Waals surface area (Å²) >= 11 is 1.91. The molecule has 1 atom stereocenters. The smallest absolute Gasteiger partial charge is 0.0725 e. The van der Waals surface area contributed by atoms with E-state index in [1.807, 2.05) is 11.3 Å². The van der Waals surface area contributed by atoms with Gasteiger partial charge in [0.25, 0.3) is 0 Å². The summed E-state index contributed by atoms with van der Waals surface area (Å²) in [6, 6.07) is 38.8. The predicted octanol–water partition coefficient (Wildman–Crippen LogP) is 8.71. The number of hydrogen-bond acceptors (Lipinski definition) is 1. The lowest BCUT2D eigenvalue weighted by atomic mass is 9.70. The maximum atomic E-state index is 2.43. The number of rotatable bonds is 0. The Hall–Kier alpha value is -3.68. The SMILES string of the molecule is Cc1ccc2c(c1)C1(c3ccccc3-2)c2ccccc2-c2c1ccc1sc3ccccc3c21. The van der Waals surface area contributed by atoms with Gasteiger partial charge < -0.3 is 0 Å². The first-order valence-corrected chi connectivity index (χ1v) is 12.4. The van der Waals surface area contributed by atoms with Crippen LogP contribution in [-0.4, -0.2) is 0 Å². The molecular formula is C32H20S. The number of hydrogen-bond donors (Lipinski definition) is 0. The van der Waals surface area contributed by atoms with Crippen molar-refractivity contribution in [2.75, 3.05) is 0 Å². The molecule has 2 aliphatic carbocycles. The normalized spacial score (nSPS) is 17.4. The van der Waals surface area contributed by atoms with Gasteiger partial charge in [0.1, 0.15) is 0 Å². The van der Waals surface area contributed by atoms with Crippen molar-refractivity contribution in [1.82, 2.24) is 0 Å². The van der Waals surface area contributed by atoms with E-state index < -0.39 is 0 Å². The Labute approximate surface area is 196 Å². The molecular weight excluding hydrogens is 416 g/mol. The van der Waals surface area contributed by atoms with E-state index in [1.54, 1.807) is 0 Å². The molecule has 1 unspecified atom stereocenters. The third-order valence-corrected chi connectivity index (χ3v) is 8.88. The summed E-state index contributed by atoms with van der Waals surface area (Å²) in [6.45, 7) is 2.22. The lowest BCUT2D eigenvalue weighted by Crippen LogP contribution is -2.25. The molecule has 0 saturated carbocycles. The highest BCUT2D eigenvalue weighted by atomic mass is 32.1. The van der Waals surface area contributed by atoms with Gasteiger partial charge in [-0.05, 0) is 63.6 Å². The molecule has 154 valence electrons. The first-order valence-electron chi connectivity index (χ1n) is 11.5. The molecule has 2 aliphatic rings. The molecule has 1 spiro atoms. The highest BCUT2D eigenvalue weighted by Gasteiger charge is 2.52. The fraction of sp³-hybridized carbons (Fsp3) is 0.0625. The van der Waals surface area contributed by atoms with Crippen LogP contribution in [0, 0.1) is 6.92 Å². The highest BCUT2D eigenvalue weighted by molar-refractivity contribution is 7.25. The van der Waals surface area contributed by atoms with E-state index in [4.69, 9.17) is 0 Å². The number of thiophene rings is 1. The molecule has 5 aromatic carbocycles. The van der Waals surface area contributed by atoms with Gasteiger partial charge in [0, 0.05) is 20.2 Å². The summed E-state index contributed by atoms with van der Waals surface area (Å²) in [7, 11) is 0. The Bertz CT molecular complexity index is 1780. The molecule has 0 bridgehead atoms. The van der Waals surface area contributed by atoms with Crippen LogP contribution in [0.15, 0.2) is 103 Å². The van der Waals surface area contributed by atoms with Crippen molar-refractivity contribution in [3.63, 3.8) is 0 Å². The van der Waals surface area contributed by atoms with E-state index in [-0.39, 0.29) is 5.41 Å². The molecule has 1 heterocycles. The predicted molar refractivity (Wildman–Crippen MR) is 140 cm³/mol. The lowest BCUT2D eigenvalue weighted by Gasteiger charge is -2.30. The minimum absolute atomic E-state index is 0.263. The second kappa shape index (κ2) is 6.01. The molecule has 33 heavy (non-hydrogen) atoms. The quantitative estimate of drug-likeness (QED) is 0.223. The lowest BCUT2D eigenvalue weighted by molar-refractivity contribution is 0.793. The summed E-state index contributed by atoms with van der Waals surface area (Å²) in [4.78, 5) is 0. The Morgan fingerprint density at radius 2 is 1.24 bits per heavy atom. The molecule has 0 N–H and O–H groups in total. The Kier molecular flexibility index (Phi) is 3.24. The van der Waals surface area contributed by atoms with E-state index >= 15 is 0 Å². The minimum atomic E-state index is -0.263. The zero-order valence-corrected chi connectivity index (χ0v) is 19.0. The second-order valence-corrected chi connectivity index (χ2v) is 10.4. The van der Waals surface area contributed by atoms with Gasteiger partial charge in [0.15, 0.2) is 0 Å². The topological polar surface area (TPSA) is 0 Å². The van der Waals surface area contributed by atoms with Crippen molar-refractivity contribution in [2.45, 2.75) is 12.3 Å². The van der Waals surface area contributed by atoms with Crippen LogP contribution in [0.5, 0.6) is 0 Å². The monoisotopic (exact) mass is 436 g/mol. The van der Waals surface area contributed by atoms with Gasteiger partial charge in [-0.1, -0.05) is 96.6 Å². The molecule has 0 radical (unpaired) electrons. The molecule has 0 nitrogen and oxygen atoms in total. The van der Waals surface area contributed by atoms with Crippen molar-refractivity contribution in [3.05, 3.63) is 131 Å². The summed E-state index contributed by atoms with van der Waals surface area (Å²) in [5.41, 5.74) is 12.3. The van der Waals surface area contributed by atoms with Crippen molar-refractivity contribution in [3.8, 4) is 22.3 Å². The third kappa shape index (κ3) is 1.99. The first-order chi connectivity index (χ1) is 16.3. The van der Waals surface area contributed by atoms with Crippen LogP contribution in [0.25, 0.3) is 42.4 Å². The van der Waals surface area contributed by atoms with Gasteiger partial charge in [-0.3, -0.25) is 0 Å². The van der Waals surface area contributed by atoms with Crippen LogP contribution in [0.3, 0.4) is 0 Å². The summed E-state index contributed by atoms with van der Waals surface area (Å²) in [5.74, 6) is 0. The van der Waals surface area contributed by atoms with Crippen LogP contribution < -0.4 is 0 Å². The third-order valence-electron chi connectivity index (χ3n) is 7.75. The summed E-state index contributed by atoms with van der Waals surface area (Å²) < 4.78 is 2.74. The maximum Gasteiger partial charge on any atom is 0.0725 e. The van der Waals surface area contributed by atoms with Crippen molar-refractivity contribution in [1.29, 1.82) is 0 Å². The van der Waals surface area contributed by atoms with Gasteiger partial charge in [-0.25, -0.2) is 0 Å². The fourth-order valence-electron chi connectivity index (χ4n) is 6.56. The molecule has 6 aromatic rings. The van der Waals surface area contributed by atoms with Crippen LogP contribution in [0.1, 0.15) is 27.8 Å². The van der Waals surface area contributed by atoms with E-state index in [9.17, 15) is 0 Å². The number of aryl methyl sites for hydroxylation is 1. The maximum absolute atomic E-state index is 2.43. The van der Waals surface area contributed by atoms with E-state index in [1.165, 1.54) is 70.2 Å². The zero-order chi connectivity index (χ0) is 21.7. The molecule has 0 saturated heterocycles. The van der Waals surface area contributed by atoms with Gasteiger partial charge in [-0.15, -0.1) is 11.3 Å². The van der Waals surface area contributed by atoms with Crippen molar-refractivity contribution >= 4 is 31.5 Å². The standard InChI is InChI=1S/C32H20S/c1-19-14-15-21-20-8-2-5-11-24(20)32(27(21)18-19)25-12-6-3-9-22(25)30-26(32)16-17-29-31(30)23-10-4-7-13-28(23)33-29/h2-18H,1H3. The van der Waals surface area contributed by atoms with Crippen LogP contribution >= 0.6 is 11.3 Å². The van der Waals surface area contributed by atoms with E-state index in [0.29, 0.717) is 0 Å². The average Bonchev–Trinajstić information content (AvgIpc) is 3.47. The van der Waals surface area contributed by atoms with Crippen molar-refractivity contribution < 1.29 is 0 Å². The van der Waals surface area contributed by atoms with Gasteiger partial charge >= 0.3 is 0 Å². The second-order valence-electron chi connectivity index (χ2n) is 9.35. The Balaban J connectivity index is 1.64.